The smallest absolute Gasteiger partial charge is 0.290 e. The van der Waals surface area contributed by atoms with E-state index in [1.165, 1.54) is 17.6 Å². The summed E-state index contributed by atoms with van der Waals surface area (Å²) in [7, 11) is 0. The van der Waals surface area contributed by atoms with E-state index >= 15 is 0 Å². The highest BCUT2D eigenvalue weighted by Gasteiger charge is 2.29. The lowest BCUT2D eigenvalue weighted by Crippen LogP contribution is -2.29. The number of carbonyl (C=O) groups is 1. The molecule has 4 bridgehead atoms. The summed E-state index contributed by atoms with van der Waals surface area (Å²) in [6, 6.07) is 8.32. The van der Waals surface area contributed by atoms with E-state index in [4.69, 9.17) is 4.74 Å². The van der Waals surface area contributed by atoms with Gasteiger partial charge in [0.15, 0.2) is 5.76 Å². The lowest BCUT2D eigenvalue weighted by Gasteiger charge is -2.31. The molecule has 1 aromatic rings. The molecule has 7 atom stereocenters. The molecule has 0 radical (unpaired) electrons. The number of hydrogen-bond acceptors (Lipinski definition) is 2. The fourth-order valence-corrected chi connectivity index (χ4v) is 5.10. The fourth-order valence-electron chi connectivity index (χ4n) is 5.10. The maximum absolute atomic E-state index is 12.9. The Morgan fingerprint density at radius 2 is 1.74 bits per heavy atom. The molecule has 3 nitrogen and oxygen atoms in total. The second-order valence-corrected chi connectivity index (χ2v) is 10.3. The number of hydrogen-bond donors (Lipinski definition) is 1. The average Bonchev–Trinajstić information content (AvgIpc) is 2.76. The van der Waals surface area contributed by atoms with E-state index in [1.54, 1.807) is 0 Å². The zero-order chi connectivity index (χ0) is 22.7. The summed E-state index contributed by atoms with van der Waals surface area (Å²) in [5, 5.41) is 3.07. The Hall–Kier alpha value is -2.03. The minimum Gasteiger partial charge on any atom is -0.484 e. The van der Waals surface area contributed by atoms with Crippen LogP contribution in [0.5, 0.6) is 0 Å². The third-order valence-corrected chi connectivity index (χ3v) is 8.08. The molecule has 2 aliphatic rings. The Bertz CT molecular complexity index is 839. The molecule has 1 amide bonds. The lowest BCUT2D eigenvalue weighted by atomic mass is 9.75. The maximum atomic E-state index is 12.9. The van der Waals surface area contributed by atoms with Crippen molar-refractivity contribution in [2.75, 3.05) is 5.32 Å². The molecule has 0 saturated carbocycles. The Labute approximate surface area is 189 Å². The Balaban J connectivity index is 1.95. The van der Waals surface area contributed by atoms with Gasteiger partial charge in [0, 0.05) is 11.6 Å². The summed E-state index contributed by atoms with van der Waals surface area (Å²) < 4.78 is 6.21. The number of ether oxygens (including phenoxy) is 1. The molecule has 31 heavy (non-hydrogen) atoms. The van der Waals surface area contributed by atoms with Gasteiger partial charge in [0.25, 0.3) is 5.91 Å². The number of fused-ring (bicyclic) bond motifs is 4. The van der Waals surface area contributed by atoms with Gasteiger partial charge in [0.05, 0.1) is 0 Å². The second kappa shape index (κ2) is 10.1. The Morgan fingerprint density at radius 3 is 2.48 bits per heavy atom. The molecule has 2 heterocycles. The number of anilines is 1. The van der Waals surface area contributed by atoms with Crippen molar-refractivity contribution in [3.63, 3.8) is 0 Å². The summed E-state index contributed by atoms with van der Waals surface area (Å²) >= 11 is 0. The molecule has 2 aliphatic heterocycles. The van der Waals surface area contributed by atoms with E-state index in [1.807, 2.05) is 18.2 Å². The molecule has 7 unspecified atom stereocenters. The fraction of sp³-hybridized carbons (Fsp3) is 0.607. The highest BCUT2D eigenvalue weighted by atomic mass is 16.5. The summed E-state index contributed by atoms with van der Waals surface area (Å²) in [6.45, 7) is 16.3. The molecule has 0 fully saturated rings. The van der Waals surface area contributed by atoms with E-state index in [0.29, 0.717) is 41.3 Å². The predicted molar refractivity (Wildman–Crippen MR) is 130 cm³/mol. The van der Waals surface area contributed by atoms with Crippen LogP contribution < -0.4 is 5.32 Å². The summed E-state index contributed by atoms with van der Waals surface area (Å²) in [5.41, 5.74) is 3.50. The number of benzene rings is 1. The molecule has 0 spiro atoms. The monoisotopic (exact) mass is 423 g/mol. The number of amides is 1. The van der Waals surface area contributed by atoms with Crippen molar-refractivity contribution < 1.29 is 9.53 Å². The average molecular weight is 424 g/mol. The molecular formula is C28H41NO2. The van der Waals surface area contributed by atoms with Crippen LogP contribution in [-0.4, -0.2) is 12.0 Å². The zero-order valence-electron chi connectivity index (χ0n) is 20.4. The molecule has 1 aromatic carbocycles. The largest absolute Gasteiger partial charge is 0.484 e. The minimum atomic E-state index is -0.142. The normalized spacial score (nSPS) is 36.9. The van der Waals surface area contributed by atoms with Crippen LogP contribution in [-0.2, 0) is 9.53 Å². The van der Waals surface area contributed by atoms with Gasteiger partial charge >= 0.3 is 0 Å². The van der Waals surface area contributed by atoms with Gasteiger partial charge in [-0.15, -0.1) is 0 Å². The summed E-state index contributed by atoms with van der Waals surface area (Å²) in [5.74, 6) is 3.39. The standard InChI is InChI=1S/C28H41NO2/c1-17-14-19(3)22(6)24-10-8-11-25(16-24)29-28(30)27-13-9-12-26(31-27)23(7)20(4)15-18(2)21(17)5/h8,10-11,13,15-19,21-23,26H,9,12,14H2,1-7H3,(H,29,30)/b20-15+. The van der Waals surface area contributed by atoms with Crippen LogP contribution >= 0.6 is 0 Å². The molecule has 3 rings (SSSR count). The first kappa shape index (κ1) is 23.6. The molecule has 3 heteroatoms. The third-order valence-electron chi connectivity index (χ3n) is 8.08. The first-order chi connectivity index (χ1) is 14.7. The van der Waals surface area contributed by atoms with Gasteiger partial charge < -0.3 is 10.1 Å². The number of allylic oxidation sites excluding steroid dienone is 2. The Kier molecular flexibility index (Phi) is 7.67. The number of rotatable bonds is 0. The van der Waals surface area contributed by atoms with E-state index in [9.17, 15) is 4.79 Å². The van der Waals surface area contributed by atoms with Crippen molar-refractivity contribution in [2.24, 2.45) is 29.6 Å². The van der Waals surface area contributed by atoms with E-state index in [2.05, 4.69) is 72.0 Å². The van der Waals surface area contributed by atoms with Crippen LogP contribution in [0.2, 0.25) is 0 Å². The first-order valence-corrected chi connectivity index (χ1v) is 12.1. The molecule has 0 saturated heterocycles. The van der Waals surface area contributed by atoms with Crippen LogP contribution in [0.1, 0.15) is 79.2 Å². The number of carbonyl (C=O) groups excluding carboxylic acids is 1. The van der Waals surface area contributed by atoms with Crippen molar-refractivity contribution in [3.05, 3.63) is 53.3 Å². The molecule has 170 valence electrons. The van der Waals surface area contributed by atoms with E-state index in [-0.39, 0.29) is 12.0 Å². The number of nitrogens with one attached hydrogen (secondary N) is 1. The van der Waals surface area contributed by atoms with Crippen LogP contribution in [0, 0.1) is 29.6 Å². The second-order valence-electron chi connectivity index (χ2n) is 10.3. The van der Waals surface area contributed by atoms with Gasteiger partial charge in [-0.05, 0) is 79.5 Å². The topological polar surface area (TPSA) is 38.3 Å². The van der Waals surface area contributed by atoms with Crippen LogP contribution in [0.3, 0.4) is 0 Å². The lowest BCUT2D eigenvalue weighted by molar-refractivity contribution is -0.118. The van der Waals surface area contributed by atoms with Crippen molar-refractivity contribution >= 4 is 11.6 Å². The molecular weight excluding hydrogens is 382 g/mol. The summed E-state index contributed by atoms with van der Waals surface area (Å²) in [4.78, 5) is 12.9. The van der Waals surface area contributed by atoms with Gasteiger partial charge in [0.1, 0.15) is 6.10 Å². The van der Waals surface area contributed by atoms with Crippen LogP contribution in [0.25, 0.3) is 0 Å². The predicted octanol–water partition coefficient (Wildman–Crippen LogP) is 7.32. The van der Waals surface area contributed by atoms with Gasteiger partial charge in [-0.2, -0.15) is 0 Å². The highest BCUT2D eigenvalue weighted by molar-refractivity contribution is 6.02. The maximum Gasteiger partial charge on any atom is 0.290 e. The zero-order valence-corrected chi connectivity index (χ0v) is 20.4. The summed E-state index contributed by atoms with van der Waals surface area (Å²) in [6.07, 6.45) is 7.46. The molecule has 0 aromatic heterocycles. The molecule has 1 N–H and O–H groups in total. The van der Waals surface area contributed by atoms with Crippen molar-refractivity contribution in [1.29, 1.82) is 0 Å². The Morgan fingerprint density at radius 1 is 1.00 bits per heavy atom. The van der Waals surface area contributed by atoms with Gasteiger partial charge in [-0.25, -0.2) is 0 Å². The van der Waals surface area contributed by atoms with Crippen LogP contribution in [0.4, 0.5) is 5.69 Å². The van der Waals surface area contributed by atoms with Crippen molar-refractivity contribution in [2.45, 2.75) is 79.8 Å². The third kappa shape index (κ3) is 5.61. The van der Waals surface area contributed by atoms with Gasteiger partial charge in [0.2, 0.25) is 0 Å². The van der Waals surface area contributed by atoms with Crippen LogP contribution in [0.15, 0.2) is 47.7 Å². The van der Waals surface area contributed by atoms with Crippen molar-refractivity contribution in [3.8, 4) is 0 Å². The van der Waals surface area contributed by atoms with Gasteiger partial charge in [-0.3, -0.25) is 4.79 Å². The van der Waals surface area contributed by atoms with E-state index in [0.717, 1.165) is 18.5 Å². The van der Waals surface area contributed by atoms with Crippen molar-refractivity contribution in [1.82, 2.24) is 0 Å². The quantitative estimate of drug-likeness (QED) is 0.444. The van der Waals surface area contributed by atoms with Gasteiger partial charge in [-0.1, -0.05) is 65.3 Å². The SMILES string of the molecule is C/C1=C\C(C)C(C)C(C)CC(C)C(C)c2cccc(c2)NC(=O)C2=CCCC(O2)C1C. The molecule has 0 aliphatic carbocycles. The first-order valence-electron chi connectivity index (χ1n) is 12.1. The minimum absolute atomic E-state index is 0.0454. The van der Waals surface area contributed by atoms with E-state index < -0.39 is 0 Å². The highest BCUT2D eigenvalue weighted by Crippen LogP contribution is 2.36.